The van der Waals surface area contributed by atoms with Crippen LogP contribution in [-0.2, 0) is 6.54 Å². The lowest BCUT2D eigenvalue weighted by Gasteiger charge is -2.31. The largest absolute Gasteiger partial charge is 0.440 e. The quantitative estimate of drug-likeness (QED) is 0.567. The van der Waals surface area contributed by atoms with Crippen molar-refractivity contribution in [3.8, 4) is 10.8 Å². The van der Waals surface area contributed by atoms with E-state index in [0.29, 0.717) is 11.7 Å². The van der Waals surface area contributed by atoms with Crippen LogP contribution < -0.4 is 0 Å². The van der Waals surface area contributed by atoms with Crippen molar-refractivity contribution in [2.75, 3.05) is 13.1 Å². The first-order chi connectivity index (χ1) is 12.6. The van der Waals surface area contributed by atoms with Gasteiger partial charge < -0.3 is 4.42 Å². The van der Waals surface area contributed by atoms with Crippen molar-refractivity contribution in [2.45, 2.75) is 33.2 Å². The topological polar surface area (TPSA) is 46.3 Å². The number of hydrogen-bond acceptors (Lipinski definition) is 6. The summed E-state index contributed by atoms with van der Waals surface area (Å²) < 4.78 is 5.86. The molecule has 6 heteroatoms. The molecule has 1 saturated heterocycles. The van der Waals surface area contributed by atoms with Crippen LogP contribution in [0.25, 0.3) is 10.8 Å². The third-order valence-electron chi connectivity index (χ3n) is 4.96. The molecular formula is C20H22N2O2S2. The maximum Gasteiger partial charge on any atom is 0.236 e. The van der Waals surface area contributed by atoms with Crippen LogP contribution in [0.15, 0.2) is 33.4 Å². The van der Waals surface area contributed by atoms with Gasteiger partial charge in [-0.2, -0.15) is 0 Å². The van der Waals surface area contributed by atoms with E-state index >= 15 is 0 Å². The molecule has 136 valence electrons. The minimum atomic E-state index is 0.0880. The minimum Gasteiger partial charge on any atom is -0.440 e. The zero-order valence-corrected chi connectivity index (χ0v) is 16.7. The van der Waals surface area contributed by atoms with Crippen molar-refractivity contribution in [1.82, 2.24) is 9.88 Å². The Morgan fingerprint density at radius 2 is 2.19 bits per heavy atom. The van der Waals surface area contributed by atoms with Crippen LogP contribution in [0.2, 0.25) is 0 Å². The molecule has 0 saturated carbocycles. The summed E-state index contributed by atoms with van der Waals surface area (Å²) in [5.74, 6) is 1.96. The van der Waals surface area contributed by atoms with Gasteiger partial charge in [0, 0.05) is 19.0 Å². The average Bonchev–Trinajstić information content (AvgIpc) is 3.37. The molecule has 1 fully saturated rings. The first kappa shape index (κ1) is 17.6. The number of piperidine rings is 1. The van der Waals surface area contributed by atoms with Crippen LogP contribution in [0.5, 0.6) is 0 Å². The number of ketones is 1. The van der Waals surface area contributed by atoms with Gasteiger partial charge in [-0.25, -0.2) is 4.98 Å². The molecule has 0 radical (unpaired) electrons. The van der Waals surface area contributed by atoms with E-state index in [1.807, 2.05) is 42.8 Å². The molecule has 3 aromatic rings. The lowest BCUT2D eigenvalue weighted by molar-refractivity contribution is 0.0813. The zero-order valence-electron chi connectivity index (χ0n) is 15.0. The smallest absolute Gasteiger partial charge is 0.236 e. The molecule has 0 spiro atoms. The van der Waals surface area contributed by atoms with Gasteiger partial charge in [0.15, 0.2) is 5.78 Å². The maximum absolute atomic E-state index is 12.9. The van der Waals surface area contributed by atoms with E-state index in [0.717, 1.165) is 59.2 Å². The highest BCUT2D eigenvalue weighted by Crippen LogP contribution is 2.29. The van der Waals surface area contributed by atoms with Gasteiger partial charge in [0.2, 0.25) is 5.89 Å². The van der Waals surface area contributed by atoms with Gasteiger partial charge in [0.1, 0.15) is 5.76 Å². The van der Waals surface area contributed by atoms with Gasteiger partial charge in [-0.3, -0.25) is 9.69 Å². The molecule has 1 aliphatic heterocycles. The normalized spacial score (nSPS) is 18.3. The Labute approximate surface area is 161 Å². The lowest BCUT2D eigenvalue weighted by atomic mass is 9.92. The number of nitrogens with zero attached hydrogens (tertiary/aromatic N) is 2. The van der Waals surface area contributed by atoms with Gasteiger partial charge >= 0.3 is 0 Å². The van der Waals surface area contributed by atoms with Crippen LogP contribution in [0, 0.1) is 19.8 Å². The molecule has 26 heavy (non-hydrogen) atoms. The molecule has 0 amide bonds. The first-order valence-corrected chi connectivity index (χ1v) is 10.7. The summed E-state index contributed by atoms with van der Waals surface area (Å²) in [6.45, 7) is 6.55. The van der Waals surface area contributed by atoms with Gasteiger partial charge in [-0.1, -0.05) is 6.07 Å². The first-order valence-electron chi connectivity index (χ1n) is 8.92. The number of aryl methyl sites for hydroxylation is 2. The number of carbonyl (C=O) groups excluding carboxylic acids is 1. The van der Waals surface area contributed by atoms with Gasteiger partial charge in [-0.15, -0.1) is 22.7 Å². The molecule has 4 rings (SSSR count). The molecule has 4 nitrogen and oxygen atoms in total. The summed E-state index contributed by atoms with van der Waals surface area (Å²) in [5, 5.41) is 4.04. The SMILES string of the molecule is Cc1ccsc1C(=O)C1CCCN(Cc2nc(-c3cccs3)oc2C)C1. The Balaban J connectivity index is 1.46. The van der Waals surface area contributed by atoms with Crippen LogP contribution in [0.3, 0.4) is 0 Å². The van der Waals surface area contributed by atoms with Gasteiger partial charge in [0.25, 0.3) is 0 Å². The predicted octanol–water partition coefficient (Wildman–Crippen LogP) is 5.18. The lowest BCUT2D eigenvalue weighted by Crippen LogP contribution is -2.38. The van der Waals surface area contributed by atoms with Crippen LogP contribution in [-0.4, -0.2) is 28.8 Å². The standard InChI is InChI=1S/C20H22N2O2S2/c1-13-7-10-26-19(13)18(23)15-5-3-8-22(11-15)12-16-14(2)24-20(21-16)17-6-4-9-25-17/h4,6-7,9-10,15H,3,5,8,11-12H2,1-2H3. The van der Waals surface area contributed by atoms with Crippen molar-refractivity contribution in [2.24, 2.45) is 5.92 Å². The number of likely N-dealkylation sites (tertiary alicyclic amines) is 1. The fourth-order valence-electron chi connectivity index (χ4n) is 3.52. The highest BCUT2D eigenvalue weighted by atomic mass is 32.1. The van der Waals surface area contributed by atoms with Crippen molar-refractivity contribution >= 4 is 28.5 Å². The second-order valence-corrected chi connectivity index (χ2v) is 8.73. The Hall–Kier alpha value is -1.76. The monoisotopic (exact) mass is 386 g/mol. The van der Waals surface area contributed by atoms with Gasteiger partial charge in [-0.05, 0) is 61.7 Å². The minimum absolute atomic E-state index is 0.0880. The molecule has 1 unspecified atom stereocenters. The highest BCUT2D eigenvalue weighted by molar-refractivity contribution is 7.13. The number of hydrogen-bond donors (Lipinski definition) is 0. The van der Waals surface area contributed by atoms with E-state index in [-0.39, 0.29) is 5.92 Å². The van der Waals surface area contributed by atoms with Crippen LogP contribution >= 0.6 is 22.7 Å². The fourth-order valence-corrected chi connectivity index (χ4v) is 5.11. The molecule has 3 aromatic heterocycles. The van der Waals surface area contributed by atoms with E-state index in [4.69, 9.17) is 9.40 Å². The van der Waals surface area contributed by atoms with Crippen LogP contribution in [0.4, 0.5) is 0 Å². The van der Waals surface area contributed by atoms with E-state index in [1.54, 1.807) is 22.7 Å². The second-order valence-electron chi connectivity index (χ2n) is 6.87. The van der Waals surface area contributed by atoms with Gasteiger partial charge in [0.05, 0.1) is 15.4 Å². The zero-order chi connectivity index (χ0) is 18.1. The summed E-state index contributed by atoms with van der Waals surface area (Å²) in [6.07, 6.45) is 2.03. The Morgan fingerprint density at radius 3 is 2.92 bits per heavy atom. The van der Waals surface area contributed by atoms with Crippen molar-refractivity contribution < 1.29 is 9.21 Å². The number of rotatable bonds is 5. The van der Waals surface area contributed by atoms with E-state index < -0.39 is 0 Å². The fraction of sp³-hybridized carbons (Fsp3) is 0.400. The maximum atomic E-state index is 12.9. The summed E-state index contributed by atoms with van der Waals surface area (Å²) >= 11 is 3.20. The summed E-state index contributed by atoms with van der Waals surface area (Å²) in [4.78, 5) is 21.9. The number of thiophene rings is 2. The molecule has 1 atom stereocenters. The Bertz CT molecular complexity index is 895. The third-order valence-corrected chi connectivity index (χ3v) is 6.85. The predicted molar refractivity (Wildman–Crippen MR) is 106 cm³/mol. The summed E-state index contributed by atoms with van der Waals surface area (Å²) in [5.41, 5.74) is 2.08. The third kappa shape index (κ3) is 3.54. The second kappa shape index (κ2) is 7.47. The molecule has 0 N–H and O–H groups in total. The van der Waals surface area contributed by atoms with Crippen molar-refractivity contribution in [3.63, 3.8) is 0 Å². The number of Topliss-reactive ketones (excluding diaryl/α,β-unsaturated/α-hetero) is 1. The summed E-state index contributed by atoms with van der Waals surface area (Å²) in [7, 11) is 0. The number of aromatic nitrogens is 1. The van der Waals surface area contributed by atoms with Crippen molar-refractivity contribution in [1.29, 1.82) is 0 Å². The molecular weight excluding hydrogens is 364 g/mol. The Kier molecular flexibility index (Phi) is 5.07. The molecule has 0 aliphatic carbocycles. The van der Waals surface area contributed by atoms with E-state index in [1.165, 1.54) is 0 Å². The molecule has 1 aliphatic rings. The van der Waals surface area contributed by atoms with Crippen molar-refractivity contribution in [3.05, 3.63) is 50.9 Å². The van der Waals surface area contributed by atoms with E-state index in [2.05, 4.69) is 4.90 Å². The molecule has 0 aromatic carbocycles. The number of oxazole rings is 1. The molecule has 0 bridgehead atoms. The highest BCUT2D eigenvalue weighted by Gasteiger charge is 2.29. The van der Waals surface area contributed by atoms with Crippen LogP contribution in [0.1, 0.15) is 39.5 Å². The molecule has 4 heterocycles. The number of carbonyl (C=O) groups is 1. The van der Waals surface area contributed by atoms with E-state index in [9.17, 15) is 4.79 Å². The summed E-state index contributed by atoms with van der Waals surface area (Å²) in [6, 6.07) is 6.06. The Morgan fingerprint density at radius 1 is 1.31 bits per heavy atom. The average molecular weight is 387 g/mol.